The van der Waals surface area contributed by atoms with Crippen molar-refractivity contribution >= 4 is 17.8 Å². The van der Waals surface area contributed by atoms with Gasteiger partial charge in [0.1, 0.15) is 54.9 Å². The lowest BCUT2D eigenvalue weighted by atomic mass is 9.95. The molecule has 18 heteroatoms. The van der Waals surface area contributed by atoms with Crippen molar-refractivity contribution < 1.29 is 84.0 Å². The van der Waals surface area contributed by atoms with Gasteiger partial charge in [-0.15, -0.1) is 0 Å². The summed E-state index contributed by atoms with van der Waals surface area (Å²) in [6.07, 6.45) is -22.1. The smallest absolute Gasteiger partial charge is 0.371 e. The van der Waals surface area contributed by atoms with Gasteiger partial charge >= 0.3 is 11.9 Å². The average molecular weight is 555 g/mol. The van der Waals surface area contributed by atoms with E-state index >= 15 is 0 Å². The Morgan fingerprint density at radius 3 is 2.08 bits per heavy atom. The maximum Gasteiger partial charge on any atom is 0.371 e. The summed E-state index contributed by atoms with van der Waals surface area (Å²) < 4.78 is 26.4. The SMILES string of the molecule is CC(=O)N[C@H]1[C@H](O[C@H]2[C@H](O)[C@@H](O)[C@H](O)O[C@@H]2C(=O)O)O[C@H](CO)[C@@H](O)[C@@H]1O[C@@H]1OC(C(=O)O)=C[C@H](O)[C@H]1O. The Morgan fingerprint density at radius 1 is 0.895 bits per heavy atom. The number of carboxylic acid groups (broad SMARTS) is 2. The van der Waals surface area contributed by atoms with E-state index in [4.69, 9.17) is 23.7 Å². The van der Waals surface area contributed by atoms with Gasteiger partial charge in [-0.2, -0.15) is 0 Å². The molecule has 13 atom stereocenters. The van der Waals surface area contributed by atoms with Crippen LogP contribution in [0.5, 0.6) is 0 Å². The van der Waals surface area contributed by atoms with Crippen LogP contribution in [0.25, 0.3) is 0 Å². The minimum absolute atomic E-state index is 0.692. The van der Waals surface area contributed by atoms with Crippen LogP contribution >= 0.6 is 0 Å². The Bertz CT molecular complexity index is 914. The molecule has 0 spiro atoms. The summed E-state index contributed by atoms with van der Waals surface area (Å²) in [5.74, 6) is -4.94. The maximum atomic E-state index is 12.0. The Hall–Kier alpha value is -2.49. The number of hydrogen-bond donors (Lipinski definition) is 10. The molecule has 0 aromatic carbocycles. The molecule has 1 amide bonds. The summed E-state index contributed by atoms with van der Waals surface area (Å²) in [4.78, 5) is 35.0. The first-order valence-corrected chi connectivity index (χ1v) is 11.2. The second kappa shape index (κ2) is 12.1. The standard InChI is InChI=1S/C20H29NO17/c1-4(23)21-8-13(37-20-9(25)5(24)2-6(34-20)16(29)30)10(26)7(3-22)35-19(8)38-14-11(27)12(28)18(33)36-15(14)17(31)32/h2,5,7-15,18-20,22,24-28,33H,3H2,1H3,(H,21,23)(H,29,30)(H,31,32)/t5-,7+,8+,9+,10+,11+,12+,13+,14-,15-,18+,19-,20-/m0/s1. The van der Waals surface area contributed by atoms with Crippen LogP contribution in [0.15, 0.2) is 11.8 Å². The van der Waals surface area contributed by atoms with Crippen molar-refractivity contribution in [2.75, 3.05) is 6.61 Å². The molecule has 3 heterocycles. The summed E-state index contributed by atoms with van der Waals surface area (Å²) in [5.41, 5.74) is 0. The van der Waals surface area contributed by atoms with Gasteiger partial charge in [0, 0.05) is 6.92 Å². The summed E-state index contributed by atoms with van der Waals surface area (Å²) >= 11 is 0. The number of hydrogen-bond acceptors (Lipinski definition) is 15. The Labute approximate surface area is 213 Å². The van der Waals surface area contributed by atoms with E-state index in [1.54, 1.807) is 0 Å². The highest BCUT2D eigenvalue weighted by Gasteiger charge is 2.54. The van der Waals surface area contributed by atoms with Crippen LogP contribution in [0.2, 0.25) is 0 Å². The molecular weight excluding hydrogens is 526 g/mol. The lowest BCUT2D eigenvalue weighted by Crippen LogP contribution is -2.69. The van der Waals surface area contributed by atoms with Gasteiger partial charge in [-0.05, 0) is 6.08 Å². The molecule has 0 saturated carbocycles. The molecule has 0 unspecified atom stereocenters. The Balaban J connectivity index is 1.94. The third kappa shape index (κ3) is 6.21. The van der Waals surface area contributed by atoms with E-state index in [2.05, 4.69) is 5.32 Å². The van der Waals surface area contributed by atoms with Gasteiger partial charge in [0.05, 0.1) is 6.61 Å². The van der Waals surface area contributed by atoms with Crippen LogP contribution in [0.4, 0.5) is 0 Å². The van der Waals surface area contributed by atoms with Crippen LogP contribution in [0.3, 0.4) is 0 Å². The largest absolute Gasteiger partial charge is 0.479 e. The zero-order chi connectivity index (χ0) is 28.5. The first-order chi connectivity index (χ1) is 17.8. The number of amides is 1. The zero-order valence-corrected chi connectivity index (χ0v) is 19.6. The average Bonchev–Trinajstić information content (AvgIpc) is 2.84. The van der Waals surface area contributed by atoms with E-state index in [1.807, 2.05) is 0 Å². The second-order valence-corrected chi connectivity index (χ2v) is 8.71. The molecule has 2 fully saturated rings. The molecule has 0 aromatic heterocycles. The molecule has 0 radical (unpaired) electrons. The number of aliphatic hydroxyl groups excluding tert-OH is 7. The summed E-state index contributed by atoms with van der Waals surface area (Å²) in [5, 5.41) is 91.7. The van der Waals surface area contributed by atoms with Gasteiger partial charge in [0.25, 0.3) is 0 Å². The lowest BCUT2D eigenvalue weighted by molar-refractivity contribution is -0.347. The van der Waals surface area contributed by atoms with Gasteiger partial charge < -0.3 is 75.0 Å². The van der Waals surface area contributed by atoms with Crippen molar-refractivity contribution in [3.05, 3.63) is 11.8 Å². The van der Waals surface area contributed by atoms with Crippen molar-refractivity contribution in [2.45, 2.75) is 86.8 Å². The fourth-order valence-electron chi connectivity index (χ4n) is 4.12. The molecule has 2 saturated heterocycles. The Kier molecular flexibility index (Phi) is 9.60. The van der Waals surface area contributed by atoms with E-state index in [-0.39, 0.29) is 0 Å². The monoisotopic (exact) mass is 555 g/mol. The van der Waals surface area contributed by atoms with E-state index in [0.717, 1.165) is 6.92 Å². The first-order valence-electron chi connectivity index (χ1n) is 11.2. The predicted molar refractivity (Wildman–Crippen MR) is 112 cm³/mol. The first kappa shape index (κ1) is 30.1. The molecule has 0 aliphatic carbocycles. The third-order valence-corrected chi connectivity index (χ3v) is 6.02. The molecule has 3 rings (SSSR count). The van der Waals surface area contributed by atoms with Gasteiger partial charge in [0.2, 0.25) is 18.0 Å². The minimum atomic E-state index is -2.10. The zero-order valence-electron chi connectivity index (χ0n) is 19.6. The molecule has 0 bridgehead atoms. The number of carbonyl (C=O) groups excluding carboxylic acids is 1. The summed E-state index contributed by atoms with van der Waals surface area (Å²) in [6, 6.07) is -1.62. The lowest BCUT2D eigenvalue weighted by Gasteiger charge is -2.48. The van der Waals surface area contributed by atoms with Crippen molar-refractivity contribution in [3.8, 4) is 0 Å². The second-order valence-electron chi connectivity index (χ2n) is 8.71. The van der Waals surface area contributed by atoms with Crippen molar-refractivity contribution in [1.82, 2.24) is 5.32 Å². The van der Waals surface area contributed by atoms with E-state index in [9.17, 15) is 60.3 Å². The number of carboxylic acids is 2. The van der Waals surface area contributed by atoms with E-state index in [1.165, 1.54) is 0 Å². The quantitative estimate of drug-likeness (QED) is 0.133. The highest BCUT2D eigenvalue weighted by atomic mass is 16.7. The fourth-order valence-corrected chi connectivity index (χ4v) is 4.12. The van der Waals surface area contributed by atoms with Crippen LogP contribution < -0.4 is 5.32 Å². The summed E-state index contributed by atoms with van der Waals surface area (Å²) in [6.45, 7) is 0.121. The molecule has 38 heavy (non-hydrogen) atoms. The molecule has 3 aliphatic rings. The van der Waals surface area contributed by atoms with Crippen LogP contribution in [0.1, 0.15) is 6.92 Å². The third-order valence-electron chi connectivity index (χ3n) is 6.02. The van der Waals surface area contributed by atoms with E-state index in [0.29, 0.717) is 6.08 Å². The van der Waals surface area contributed by atoms with Crippen LogP contribution in [-0.4, -0.2) is 150 Å². The minimum Gasteiger partial charge on any atom is -0.479 e. The molecular formula is C20H29NO17. The van der Waals surface area contributed by atoms with Crippen molar-refractivity contribution in [2.24, 2.45) is 0 Å². The van der Waals surface area contributed by atoms with E-state index < -0.39 is 110 Å². The molecule has 18 nitrogen and oxygen atoms in total. The highest BCUT2D eigenvalue weighted by molar-refractivity contribution is 5.84. The number of aliphatic carboxylic acids is 2. The predicted octanol–water partition coefficient (Wildman–Crippen LogP) is -6.09. The van der Waals surface area contributed by atoms with Crippen molar-refractivity contribution in [3.63, 3.8) is 0 Å². The summed E-state index contributed by atoms with van der Waals surface area (Å²) in [7, 11) is 0. The normalized spacial score (nSPS) is 43.5. The fraction of sp³-hybridized carbons (Fsp3) is 0.750. The van der Waals surface area contributed by atoms with Gasteiger partial charge in [0.15, 0.2) is 18.7 Å². The van der Waals surface area contributed by atoms with Crippen LogP contribution in [-0.2, 0) is 38.1 Å². The van der Waals surface area contributed by atoms with Gasteiger partial charge in [-0.3, -0.25) is 4.79 Å². The number of carbonyl (C=O) groups is 3. The molecule has 0 aromatic rings. The molecule has 216 valence electrons. The Morgan fingerprint density at radius 2 is 1.53 bits per heavy atom. The van der Waals surface area contributed by atoms with Crippen molar-refractivity contribution in [1.29, 1.82) is 0 Å². The number of aliphatic hydroxyl groups is 7. The van der Waals surface area contributed by atoms with Gasteiger partial charge in [-0.1, -0.05) is 0 Å². The molecule has 10 N–H and O–H groups in total. The van der Waals surface area contributed by atoms with Gasteiger partial charge in [-0.25, -0.2) is 9.59 Å². The maximum absolute atomic E-state index is 12.0. The highest BCUT2D eigenvalue weighted by Crippen LogP contribution is 2.32. The van der Waals surface area contributed by atoms with Crippen LogP contribution in [0, 0.1) is 0 Å². The molecule has 3 aliphatic heterocycles. The number of ether oxygens (including phenoxy) is 5. The number of nitrogens with one attached hydrogen (secondary N) is 1. The number of rotatable bonds is 8. The topological polar surface area (TPSA) is 291 Å².